The lowest BCUT2D eigenvalue weighted by Crippen LogP contribution is -2.49. The highest BCUT2D eigenvalue weighted by molar-refractivity contribution is 5.85. The molecule has 2 fully saturated rings. The Hall–Kier alpha value is -1.06. The van der Waals surface area contributed by atoms with E-state index in [1.807, 2.05) is 6.07 Å². The molecule has 4 heteroatoms. The molecule has 2 atom stereocenters. The van der Waals surface area contributed by atoms with Crippen molar-refractivity contribution in [2.24, 2.45) is 5.92 Å². The summed E-state index contributed by atoms with van der Waals surface area (Å²) >= 11 is 0. The van der Waals surface area contributed by atoms with E-state index in [4.69, 9.17) is 0 Å². The molecular weight excluding hydrogens is 296 g/mol. The highest BCUT2D eigenvalue weighted by Crippen LogP contribution is 2.39. The van der Waals surface area contributed by atoms with E-state index in [1.54, 1.807) is 0 Å². The van der Waals surface area contributed by atoms with Gasteiger partial charge in [0.05, 0.1) is 5.54 Å². The van der Waals surface area contributed by atoms with Crippen molar-refractivity contribution in [2.45, 2.75) is 57.0 Å². The molecule has 0 unspecified atom stereocenters. The third kappa shape index (κ3) is 3.64. The van der Waals surface area contributed by atoms with Gasteiger partial charge < -0.3 is 10.6 Å². The molecular formula is C18H27ClN2O. The van der Waals surface area contributed by atoms with Crippen LogP contribution in [0.1, 0.15) is 51.0 Å². The van der Waals surface area contributed by atoms with Gasteiger partial charge in [-0.3, -0.25) is 4.79 Å². The number of amides is 1. The van der Waals surface area contributed by atoms with Crippen molar-refractivity contribution in [3.63, 3.8) is 0 Å². The average molecular weight is 323 g/mol. The smallest absolute Gasteiger partial charge is 0.223 e. The third-order valence-corrected chi connectivity index (χ3v) is 5.14. The molecule has 1 aromatic carbocycles. The number of hydrogen-bond donors (Lipinski definition) is 2. The number of halogens is 1. The molecule has 0 bridgehead atoms. The second-order valence-electron chi connectivity index (χ2n) is 6.72. The van der Waals surface area contributed by atoms with E-state index < -0.39 is 0 Å². The molecule has 122 valence electrons. The van der Waals surface area contributed by atoms with Gasteiger partial charge in [0, 0.05) is 12.0 Å². The molecule has 2 aliphatic rings. The number of carbonyl (C=O) groups is 1. The first-order valence-corrected chi connectivity index (χ1v) is 8.30. The minimum atomic E-state index is -0.119. The Kier molecular flexibility index (Phi) is 5.87. The first-order chi connectivity index (χ1) is 10.2. The standard InChI is InChI=1S/C18H26N2O.ClH/c1-14-13-15(9-12-19-14)17(21)20-18(10-5-6-11-18)16-7-3-2-4-8-16;/h2-4,7-8,14-15,19H,5-6,9-13H2,1H3,(H,20,21);1H/t14-,15-;/m0./s1. The molecule has 3 nitrogen and oxygen atoms in total. The lowest BCUT2D eigenvalue weighted by atomic mass is 9.86. The SMILES string of the molecule is C[C@H]1C[C@@H](C(=O)NC2(c3ccccc3)CCCC2)CCN1.Cl. The maximum Gasteiger partial charge on any atom is 0.223 e. The summed E-state index contributed by atoms with van der Waals surface area (Å²) in [6, 6.07) is 11.0. The van der Waals surface area contributed by atoms with Crippen molar-refractivity contribution in [3.05, 3.63) is 35.9 Å². The second-order valence-corrected chi connectivity index (χ2v) is 6.72. The fourth-order valence-corrected chi connectivity index (χ4v) is 3.93. The summed E-state index contributed by atoms with van der Waals surface area (Å²) < 4.78 is 0. The van der Waals surface area contributed by atoms with Crippen LogP contribution in [0.25, 0.3) is 0 Å². The number of nitrogens with one attached hydrogen (secondary N) is 2. The summed E-state index contributed by atoms with van der Waals surface area (Å²) in [5, 5.41) is 6.85. The van der Waals surface area contributed by atoms with E-state index in [9.17, 15) is 4.79 Å². The molecule has 1 heterocycles. The van der Waals surface area contributed by atoms with Crippen LogP contribution in [0.4, 0.5) is 0 Å². The lowest BCUT2D eigenvalue weighted by Gasteiger charge is -2.35. The van der Waals surface area contributed by atoms with E-state index >= 15 is 0 Å². The van der Waals surface area contributed by atoms with Crippen molar-refractivity contribution < 1.29 is 4.79 Å². The van der Waals surface area contributed by atoms with Gasteiger partial charge in [-0.15, -0.1) is 12.4 Å². The van der Waals surface area contributed by atoms with Crippen molar-refractivity contribution in [1.29, 1.82) is 0 Å². The predicted molar refractivity (Wildman–Crippen MR) is 92.2 cm³/mol. The molecule has 1 aromatic rings. The Morgan fingerprint density at radius 3 is 2.55 bits per heavy atom. The molecule has 1 saturated carbocycles. The van der Waals surface area contributed by atoms with Gasteiger partial charge in [0.1, 0.15) is 0 Å². The number of piperidine rings is 1. The second kappa shape index (κ2) is 7.47. The van der Waals surface area contributed by atoms with Crippen molar-refractivity contribution in [3.8, 4) is 0 Å². The van der Waals surface area contributed by atoms with Crippen LogP contribution in [-0.4, -0.2) is 18.5 Å². The number of hydrogen-bond acceptors (Lipinski definition) is 2. The minimum Gasteiger partial charge on any atom is -0.346 e. The Labute approximate surface area is 139 Å². The predicted octanol–water partition coefficient (Wildman–Crippen LogP) is 3.38. The molecule has 0 spiro atoms. The molecule has 1 aliphatic carbocycles. The zero-order valence-electron chi connectivity index (χ0n) is 13.3. The lowest BCUT2D eigenvalue weighted by molar-refractivity contribution is -0.128. The van der Waals surface area contributed by atoms with Gasteiger partial charge in [-0.25, -0.2) is 0 Å². The van der Waals surface area contributed by atoms with Crippen molar-refractivity contribution >= 4 is 18.3 Å². The van der Waals surface area contributed by atoms with E-state index in [2.05, 4.69) is 41.8 Å². The van der Waals surface area contributed by atoms with Gasteiger partial charge in [-0.05, 0) is 44.7 Å². The normalized spacial score (nSPS) is 27.0. The maximum absolute atomic E-state index is 12.7. The molecule has 0 aromatic heterocycles. The van der Waals surface area contributed by atoms with Crippen LogP contribution in [0.2, 0.25) is 0 Å². The largest absolute Gasteiger partial charge is 0.346 e. The number of benzene rings is 1. The summed E-state index contributed by atoms with van der Waals surface area (Å²) in [5.41, 5.74) is 1.16. The molecule has 1 aliphatic heterocycles. The van der Waals surface area contributed by atoms with Crippen LogP contribution in [0.3, 0.4) is 0 Å². The Morgan fingerprint density at radius 2 is 1.91 bits per heavy atom. The molecule has 22 heavy (non-hydrogen) atoms. The van der Waals surface area contributed by atoms with Gasteiger partial charge >= 0.3 is 0 Å². The topological polar surface area (TPSA) is 41.1 Å². The van der Waals surface area contributed by atoms with E-state index in [-0.39, 0.29) is 29.8 Å². The zero-order valence-corrected chi connectivity index (χ0v) is 14.1. The van der Waals surface area contributed by atoms with E-state index in [0.29, 0.717) is 6.04 Å². The third-order valence-electron chi connectivity index (χ3n) is 5.14. The minimum absolute atomic E-state index is 0. The molecule has 3 rings (SSSR count). The quantitative estimate of drug-likeness (QED) is 0.895. The van der Waals surface area contributed by atoms with Gasteiger partial charge in [0.15, 0.2) is 0 Å². The summed E-state index contributed by atoms with van der Waals surface area (Å²) in [6.45, 7) is 3.12. The van der Waals surface area contributed by atoms with Crippen LogP contribution in [-0.2, 0) is 10.3 Å². The zero-order chi connectivity index (χ0) is 14.7. The summed E-state index contributed by atoms with van der Waals surface area (Å²) in [6.07, 6.45) is 6.47. The van der Waals surface area contributed by atoms with Crippen LogP contribution in [0.15, 0.2) is 30.3 Å². The van der Waals surface area contributed by atoms with Gasteiger partial charge in [0.2, 0.25) is 5.91 Å². The fourth-order valence-electron chi connectivity index (χ4n) is 3.93. The van der Waals surface area contributed by atoms with Crippen molar-refractivity contribution in [2.75, 3.05) is 6.54 Å². The number of carbonyl (C=O) groups excluding carboxylic acids is 1. The van der Waals surface area contributed by atoms with Crippen LogP contribution in [0, 0.1) is 5.92 Å². The molecule has 1 amide bonds. The molecule has 0 radical (unpaired) electrons. The Morgan fingerprint density at radius 1 is 1.23 bits per heavy atom. The highest BCUT2D eigenvalue weighted by atomic mass is 35.5. The Balaban J connectivity index is 0.00000176. The van der Waals surface area contributed by atoms with Crippen LogP contribution >= 0.6 is 12.4 Å². The Bertz CT molecular complexity index is 485. The van der Waals surface area contributed by atoms with Crippen molar-refractivity contribution in [1.82, 2.24) is 10.6 Å². The van der Waals surface area contributed by atoms with Crippen LogP contribution in [0.5, 0.6) is 0 Å². The summed E-state index contributed by atoms with van der Waals surface area (Å²) in [4.78, 5) is 12.7. The highest BCUT2D eigenvalue weighted by Gasteiger charge is 2.38. The molecule has 2 N–H and O–H groups in total. The number of rotatable bonds is 3. The monoisotopic (exact) mass is 322 g/mol. The average Bonchev–Trinajstić information content (AvgIpc) is 2.98. The van der Waals surface area contributed by atoms with Gasteiger partial charge in [0.25, 0.3) is 0 Å². The first-order valence-electron chi connectivity index (χ1n) is 8.30. The maximum atomic E-state index is 12.7. The fraction of sp³-hybridized carbons (Fsp3) is 0.611. The van der Waals surface area contributed by atoms with E-state index in [0.717, 1.165) is 32.2 Å². The van der Waals surface area contributed by atoms with Gasteiger partial charge in [-0.1, -0.05) is 43.2 Å². The van der Waals surface area contributed by atoms with Gasteiger partial charge in [-0.2, -0.15) is 0 Å². The summed E-state index contributed by atoms with van der Waals surface area (Å²) in [5.74, 6) is 0.427. The summed E-state index contributed by atoms with van der Waals surface area (Å²) in [7, 11) is 0. The molecule has 1 saturated heterocycles. The first kappa shape index (κ1) is 17.3. The van der Waals surface area contributed by atoms with Crippen LogP contribution < -0.4 is 10.6 Å². The van der Waals surface area contributed by atoms with E-state index in [1.165, 1.54) is 18.4 Å².